The molecular formula is C13H26N6O2. The standard InChI is InChI=1S/C13H26N6O2/c1-17(2)5-4-6-18(7-8-21-3)13(20)11-19-10-12(9-14)15-16-19/h10H,4-9,11,14H2,1-3H3. The Hall–Kier alpha value is -1.51. The average Bonchev–Trinajstić information content (AvgIpc) is 2.89. The maximum atomic E-state index is 12.3. The summed E-state index contributed by atoms with van der Waals surface area (Å²) in [4.78, 5) is 16.2. The third-order valence-corrected chi connectivity index (χ3v) is 3.04. The van der Waals surface area contributed by atoms with Crippen molar-refractivity contribution in [3.05, 3.63) is 11.9 Å². The lowest BCUT2D eigenvalue weighted by Gasteiger charge is -2.23. The number of methoxy groups -OCH3 is 1. The van der Waals surface area contributed by atoms with Crippen molar-refractivity contribution in [2.45, 2.75) is 19.5 Å². The van der Waals surface area contributed by atoms with Crippen LogP contribution in [0, 0.1) is 0 Å². The molecule has 1 rings (SSSR count). The lowest BCUT2D eigenvalue weighted by molar-refractivity contribution is -0.132. The first-order valence-electron chi connectivity index (χ1n) is 7.07. The van der Waals surface area contributed by atoms with E-state index in [9.17, 15) is 4.79 Å². The third-order valence-electron chi connectivity index (χ3n) is 3.04. The number of nitrogens with zero attached hydrogens (tertiary/aromatic N) is 5. The number of carbonyl (C=O) groups is 1. The Labute approximate surface area is 125 Å². The number of hydrogen-bond acceptors (Lipinski definition) is 6. The number of carbonyl (C=O) groups excluding carboxylic acids is 1. The number of ether oxygens (including phenoxy) is 1. The van der Waals surface area contributed by atoms with E-state index in [0.29, 0.717) is 31.9 Å². The van der Waals surface area contributed by atoms with Crippen molar-refractivity contribution in [1.82, 2.24) is 24.8 Å². The van der Waals surface area contributed by atoms with E-state index in [2.05, 4.69) is 15.2 Å². The Morgan fingerprint density at radius 1 is 1.38 bits per heavy atom. The van der Waals surface area contributed by atoms with Crippen molar-refractivity contribution in [2.24, 2.45) is 5.73 Å². The predicted molar refractivity (Wildman–Crippen MR) is 79.5 cm³/mol. The second kappa shape index (κ2) is 9.43. The minimum Gasteiger partial charge on any atom is -0.383 e. The monoisotopic (exact) mass is 298 g/mol. The maximum Gasteiger partial charge on any atom is 0.244 e. The van der Waals surface area contributed by atoms with Gasteiger partial charge < -0.3 is 20.3 Å². The molecule has 1 heterocycles. The van der Waals surface area contributed by atoms with Crippen LogP contribution in [-0.2, 0) is 22.6 Å². The molecule has 2 N–H and O–H groups in total. The zero-order valence-electron chi connectivity index (χ0n) is 13.2. The molecule has 0 aliphatic heterocycles. The van der Waals surface area contributed by atoms with Crippen molar-refractivity contribution < 1.29 is 9.53 Å². The first-order chi connectivity index (χ1) is 10.1. The molecule has 1 aromatic heterocycles. The summed E-state index contributed by atoms with van der Waals surface area (Å²) in [7, 11) is 5.67. The van der Waals surface area contributed by atoms with E-state index in [1.165, 1.54) is 4.68 Å². The van der Waals surface area contributed by atoms with Crippen LogP contribution in [0.25, 0.3) is 0 Å². The van der Waals surface area contributed by atoms with Crippen LogP contribution in [0.3, 0.4) is 0 Å². The summed E-state index contributed by atoms with van der Waals surface area (Å²) in [6, 6.07) is 0. The molecule has 0 fully saturated rings. The molecule has 0 spiro atoms. The minimum atomic E-state index is 0.0132. The normalized spacial score (nSPS) is 11.1. The van der Waals surface area contributed by atoms with Crippen LogP contribution in [0.4, 0.5) is 0 Å². The van der Waals surface area contributed by atoms with E-state index in [0.717, 1.165) is 13.0 Å². The Balaban J connectivity index is 2.52. The third kappa shape index (κ3) is 6.65. The van der Waals surface area contributed by atoms with Crippen LogP contribution in [-0.4, -0.2) is 78.1 Å². The fourth-order valence-corrected chi connectivity index (χ4v) is 1.89. The first-order valence-corrected chi connectivity index (χ1v) is 7.07. The molecule has 8 heteroatoms. The summed E-state index contributed by atoms with van der Waals surface area (Å²) >= 11 is 0. The number of amides is 1. The first kappa shape index (κ1) is 17.5. The summed E-state index contributed by atoms with van der Waals surface area (Å²) in [6.07, 6.45) is 2.63. The molecule has 120 valence electrons. The zero-order valence-corrected chi connectivity index (χ0v) is 13.2. The second-order valence-corrected chi connectivity index (χ2v) is 5.14. The quantitative estimate of drug-likeness (QED) is 0.606. The van der Waals surface area contributed by atoms with E-state index in [1.807, 2.05) is 14.1 Å². The molecule has 0 radical (unpaired) electrons. The Kier molecular flexibility index (Phi) is 7.88. The summed E-state index contributed by atoms with van der Waals surface area (Å²) in [6.45, 7) is 3.26. The van der Waals surface area contributed by atoms with Crippen molar-refractivity contribution in [3.8, 4) is 0 Å². The van der Waals surface area contributed by atoms with Crippen molar-refractivity contribution in [1.29, 1.82) is 0 Å². The lowest BCUT2D eigenvalue weighted by Crippen LogP contribution is -2.38. The SMILES string of the molecule is COCCN(CCCN(C)C)C(=O)Cn1cc(CN)nn1. The number of hydrogen-bond donors (Lipinski definition) is 1. The highest BCUT2D eigenvalue weighted by Crippen LogP contribution is 1.99. The van der Waals surface area contributed by atoms with Gasteiger partial charge in [-0.15, -0.1) is 5.10 Å². The van der Waals surface area contributed by atoms with Crippen LogP contribution in [0.1, 0.15) is 12.1 Å². The van der Waals surface area contributed by atoms with Gasteiger partial charge in [0, 0.05) is 26.7 Å². The van der Waals surface area contributed by atoms with Gasteiger partial charge in [-0.3, -0.25) is 4.79 Å². The number of nitrogens with two attached hydrogens (primary N) is 1. The van der Waals surface area contributed by atoms with E-state index in [-0.39, 0.29) is 12.5 Å². The van der Waals surface area contributed by atoms with Crippen LogP contribution in [0.15, 0.2) is 6.20 Å². The molecule has 0 aliphatic rings. The van der Waals surface area contributed by atoms with Gasteiger partial charge in [0.05, 0.1) is 18.5 Å². The van der Waals surface area contributed by atoms with E-state index in [4.69, 9.17) is 10.5 Å². The van der Waals surface area contributed by atoms with Crippen LogP contribution in [0.2, 0.25) is 0 Å². The smallest absolute Gasteiger partial charge is 0.244 e. The van der Waals surface area contributed by atoms with Gasteiger partial charge in [-0.25, -0.2) is 4.68 Å². The molecule has 1 aromatic rings. The van der Waals surface area contributed by atoms with Crippen molar-refractivity contribution in [2.75, 3.05) is 47.4 Å². The molecule has 1 amide bonds. The molecule has 0 unspecified atom stereocenters. The summed E-state index contributed by atoms with van der Waals surface area (Å²) in [5.41, 5.74) is 6.16. The van der Waals surface area contributed by atoms with Crippen molar-refractivity contribution in [3.63, 3.8) is 0 Å². The second-order valence-electron chi connectivity index (χ2n) is 5.14. The van der Waals surface area contributed by atoms with Gasteiger partial charge in [0.15, 0.2) is 0 Å². The molecule has 8 nitrogen and oxygen atoms in total. The fraction of sp³-hybridized carbons (Fsp3) is 0.769. The van der Waals surface area contributed by atoms with Gasteiger partial charge in [-0.05, 0) is 27.1 Å². The molecule has 0 aliphatic carbocycles. The Morgan fingerprint density at radius 3 is 2.71 bits per heavy atom. The number of rotatable bonds is 10. The fourth-order valence-electron chi connectivity index (χ4n) is 1.89. The lowest BCUT2D eigenvalue weighted by atomic mass is 10.3. The van der Waals surface area contributed by atoms with E-state index < -0.39 is 0 Å². The summed E-state index contributed by atoms with van der Waals surface area (Å²) in [5.74, 6) is 0.0132. The molecular weight excluding hydrogens is 272 g/mol. The molecule has 0 atom stereocenters. The Bertz CT molecular complexity index is 421. The zero-order chi connectivity index (χ0) is 15.7. The predicted octanol–water partition coefficient (Wildman–Crippen LogP) is -0.836. The van der Waals surface area contributed by atoms with E-state index in [1.54, 1.807) is 18.2 Å². The van der Waals surface area contributed by atoms with Gasteiger partial charge in [0.1, 0.15) is 6.54 Å². The van der Waals surface area contributed by atoms with E-state index >= 15 is 0 Å². The highest BCUT2D eigenvalue weighted by Gasteiger charge is 2.14. The van der Waals surface area contributed by atoms with Gasteiger partial charge in [0.2, 0.25) is 5.91 Å². The highest BCUT2D eigenvalue weighted by atomic mass is 16.5. The highest BCUT2D eigenvalue weighted by molar-refractivity contribution is 5.75. The van der Waals surface area contributed by atoms with Gasteiger partial charge >= 0.3 is 0 Å². The summed E-state index contributed by atoms with van der Waals surface area (Å²) < 4.78 is 6.59. The van der Waals surface area contributed by atoms with Crippen molar-refractivity contribution >= 4 is 5.91 Å². The molecule has 0 aromatic carbocycles. The van der Waals surface area contributed by atoms with Gasteiger partial charge in [-0.1, -0.05) is 5.21 Å². The van der Waals surface area contributed by atoms with Gasteiger partial charge in [-0.2, -0.15) is 0 Å². The number of aromatic nitrogens is 3. The Morgan fingerprint density at radius 2 is 2.14 bits per heavy atom. The summed E-state index contributed by atoms with van der Waals surface area (Å²) in [5, 5.41) is 7.78. The van der Waals surface area contributed by atoms with Crippen LogP contribution in [0.5, 0.6) is 0 Å². The largest absolute Gasteiger partial charge is 0.383 e. The molecule has 0 saturated carbocycles. The molecule has 21 heavy (non-hydrogen) atoms. The topological polar surface area (TPSA) is 89.5 Å². The minimum absolute atomic E-state index is 0.0132. The molecule has 0 bridgehead atoms. The van der Waals surface area contributed by atoms with Crippen LogP contribution >= 0.6 is 0 Å². The maximum absolute atomic E-state index is 12.3. The average molecular weight is 298 g/mol. The molecule has 0 saturated heterocycles. The van der Waals surface area contributed by atoms with Gasteiger partial charge in [0.25, 0.3) is 0 Å². The van der Waals surface area contributed by atoms with Crippen LogP contribution < -0.4 is 5.73 Å².